The van der Waals surface area contributed by atoms with Gasteiger partial charge in [0.1, 0.15) is 0 Å². The average molecular weight is 267 g/mol. The minimum atomic E-state index is -0.00101. The summed E-state index contributed by atoms with van der Waals surface area (Å²) >= 11 is 5.35. The van der Waals surface area contributed by atoms with Crippen molar-refractivity contribution in [3.8, 4) is 0 Å². The molecule has 0 spiro atoms. The van der Waals surface area contributed by atoms with Crippen molar-refractivity contribution in [2.24, 2.45) is 0 Å². The van der Waals surface area contributed by atoms with Gasteiger partial charge in [-0.3, -0.25) is 4.79 Å². The number of ketones is 1. The molecule has 0 fully saturated rings. The van der Waals surface area contributed by atoms with Crippen LogP contribution in [0.25, 0.3) is 0 Å². The third-order valence-electron chi connectivity index (χ3n) is 3.40. The van der Waals surface area contributed by atoms with Gasteiger partial charge in [0.2, 0.25) is 0 Å². The summed E-state index contributed by atoms with van der Waals surface area (Å²) in [4.78, 5) is 13.0. The normalized spacial score (nSPS) is 16.8. The average Bonchev–Trinajstić information content (AvgIpc) is 2.76. The van der Waals surface area contributed by atoms with E-state index in [-0.39, 0.29) is 11.7 Å². The number of thiocarbonyl (C=S) groups is 1. The van der Waals surface area contributed by atoms with Crippen LogP contribution in [0.4, 0.5) is 5.69 Å². The molecular weight excluding hydrogens is 254 g/mol. The highest BCUT2D eigenvalue weighted by Gasteiger charge is 2.28. The molecule has 1 aliphatic heterocycles. The molecule has 0 amide bonds. The van der Waals surface area contributed by atoms with E-state index >= 15 is 0 Å². The van der Waals surface area contributed by atoms with Crippen LogP contribution >= 0.6 is 12.2 Å². The van der Waals surface area contributed by atoms with Crippen molar-refractivity contribution in [3.63, 3.8) is 0 Å². The topological polar surface area (TPSA) is 29.1 Å². The Hall–Kier alpha value is -2.00. The Morgan fingerprint density at radius 3 is 2.53 bits per heavy atom. The van der Waals surface area contributed by atoms with Gasteiger partial charge < -0.3 is 5.32 Å². The van der Waals surface area contributed by atoms with Gasteiger partial charge in [0.25, 0.3) is 0 Å². The maximum absolute atomic E-state index is 12.3. The molecule has 0 saturated heterocycles. The molecule has 2 aromatic carbocycles. The van der Waals surface area contributed by atoms with Crippen LogP contribution in [-0.2, 0) is 0 Å². The Kier molecular flexibility index (Phi) is 3.13. The zero-order valence-electron chi connectivity index (χ0n) is 10.3. The maximum atomic E-state index is 12.3. The third-order valence-corrected chi connectivity index (χ3v) is 3.78. The summed E-state index contributed by atoms with van der Waals surface area (Å²) in [6.07, 6.45) is 0.423. The number of benzene rings is 2. The number of carbonyl (C=O) groups is 1. The molecule has 3 rings (SSSR count). The summed E-state index contributed by atoms with van der Waals surface area (Å²) in [5.74, 6) is 0.130. The lowest BCUT2D eigenvalue weighted by atomic mass is 9.93. The standard InChI is InChI=1S/C16H13NOS/c18-15(11-6-2-1-3-7-11)10-13-12-8-4-5-9-14(12)17-16(13)19/h1-9,13H,10H2,(H,17,19). The van der Waals surface area contributed by atoms with Gasteiger partial charge in [-0.1, -0.05) is 60.7 Å². The van der Waals surface area contributed by atoms with Crippen molar-refractivity contribution in [2.75, 3.05) is 5.32 Å². The Morgan fingerprint density at radius 2 is 1.74 bits per heavy atom. The van der Waals surface area contributed by atoms with Crippen molar-refractivity contribution in [2.45, 2.75) is 12.3 Å². The minimum absolute atomic E-state index is 0.00101. The highest BCUT2D eigenvalue weighted by atomic mass is 32.1. The Bertz CT molecular complexity index is 636. The van der Waals surface area contributed by atoms with Crippen LogP contribution in [-0.4, -0.2) is 10.8 Å². The smallest absolute Gasteiger partial charge is 0.163 e. The van der Waals surface area contributed by atoms with Gasteiger partial charge in [-0.05, 0) is 11.6 Å². The van der Waals surface area contributed by atoms with Crippen LogP contribution in [0.15, 0.2) is 54.6 Å². The molecule has 1 N–H and O–H groups in total. The zero-order chi connectivity index (χ0) is 13.2. The second-order valence-corrected chi connectivity index (χ2v) is 5.06. The minimum Gasteiger partial charge on any atom is -0.349 e. The first kappa shape index (κ1) is 12.1. The molecule has 2 aromatic rings. The first-order chi connectivity index (χ1) is 9.25. The summed E-state index contributed by atoms with van der Waals surface area (Å²) in [5, 5.41) is 3.18. The Morgan fingerprint density at radius 1 is 1.05 bits per heavy atom. The summed E-state index contributed by atoms with van der Waals surface area (Å²) in [7, 11) is 0. The van der Waals surface area contributed by atoms with Crippen LogP contribution in [0, 0.1) is 0 Å². The van der Waals surface area contributed by atoms with Crippen molar-refractivity contribution in [1.82, 2.24) is 0 Å². The highest BCUT2D eigenvalue weighted by molar-refractivity contribution is 7.80. The fourth-order valence-corrected chi connectivity index (χ4v) is 2.73. The fraction of sp³-hybridized carbons (Fsp3) is 0.125. The van der Waals surface area contributed by atoms with Crippen molar-refractivity contribution >= 4 is 28.7 Å². The first-order valence-electron chi connectivity index (χ1n) is 6.24. The van der Waals surface area contributed by atoms with Gasteiger partial charge in [-0.2, -0.15) is 0 Å². The molecule has 94 valence electrons. The molecule has 1 unspecified atom stereocenters. The van der Waals surface area contributed by atoms with E-state index in [1.165, 1.54) is 0 Å². The van der Waals surface area contributed by atoms with Gasteiger partial charge in [-0.15, -0.1) is 0 Å². The van der Waals surface area contributed by atoms with E-state index in [4.69, 9.17) is 12.2 Å². The molecule has 0 bridgehead atoms. The monoisotopic (exact) mass is 267 g/mol. The van der Waals surface area contributed by atoms with Gasteiger partial charge >= 0.3 is 0 Å². The molecule has 19 heavy (non-hydrogen) atoms. The largest absolute Gasteiger partial charge is 0.349 e. The lowest BCUT2D eigenvalue weighted by Gasteiger charge is -2.09. The van der Waals surface area contributed by atoms with E-state index < -0.39 is 0 Å². The Balaban J connectivity index is 1.85. The van der Waals surface area contributed by atoms with Crippen molar-refractivity contribution in [3.05, 3.63) is 65.7 Å². The second kappa shape index (κ2) is 4.94. The Labute approximate surface area is 117 Å². The SMILES string of the molecule is O=C(CC1C(=S)Nc2ccccc21)c1ccccc1. The third kappa shape index (κ3) is 2.29. The molecule has 0 aromatic heterocycles. The number of rotatable bonds is 3. The van der Waals surface area contributed by atoms with Crippen LogP contribution in [0.3, 0.4) is 0 Å². The molecule has 2 nitrogen and oxygen atoms in total. The van der Waals surface area contributed by atoms with E-state index in [1.807, 2.05) is 54.6 Å². The van der Waals surface area contributed by atoms with E-state index in [9.17, 15) is 4.79 Å². The molecule has 1 aliphatic rings. The molecule has 0 radical (unpaired) electrons. The molecule has 1 atom stereocenters. The number of para-hydroxylation sites is 1. The lowest BCUT2D eigenvalue weighted by Crippen LogP contribution is -2.14. The van der Waals surface area contributed by atoms with E-state index in [0.29, 0.717) is 6.42 Å². The number of nitrogens with one attached hydrogen (secondary N) is 1. The van der Waals surface area contributed by atoms with Crippen LogP contribution < -0.4 is 5.32 Å². The summed E-state index contributed by atoms with van der Waals surface area (Å²) in [6, 6.07) is 17.3. The molecule has 0 saturated carbocycles. The number of fused-ring (bicyclic) bond motifs is 1. The van der Waals surface area contributed by atoms with Gasteiger partial charge in [0.05, 0.1) is 4.99 Å². The predicted octanol–water partition coefficient (Wildman–Crippen LogP) is 3.80. The van der Waals surface area contributed by atoms with Crippen LogP contribution in [0.1, 0.15) is 28.3 Å². The second-order valence-electron chi connectivity index (χ2n) is 4.62. The molecule has 3 heteroatoms. The van der Waals surface area contributed by atoms with Gasteiger partial charge in [0, 0.05) is 23.6 Å². The predicted molar refractivity (Wildman–Crippen MR) is 80.8 cm³/mol. The number of carbonyl (C=O) groups excluding carboxylic acids is 1. The molecule has 1 heterocycles. The van der Waals surface area contributed by atoms with Gasteiger partial charge in [-0.25, -0.2) is 0 Å². The van der Waals surface area contributed by atoms with E-state index in [0.717, 1.165) is 21.8 Å². The molecule has 0 aliphatic carbocycles. The maximum Gasteiger partial charge on any atom is 0.163 e. The number of Topliss-reactive ketones (excluding diaryl/α,β-unsaturated/α-hetero) is 1. The number of hydrogen-bond donors (Lipinski definition) is 1. The summed E-state index contributed by atoms with van der Waals surface area (Å²) < 4.78 is 0. The van der Waals surface area contributed by atoms with E-state index in [2.05, 4.69) is 5.32 Å². The highest BCUT2D eigenvalue weighted by Crippen LogP contribution is 2.35. The van der Waals surface area contributed by atoms with Gasteiger partial charge in [0.15, 0.2) is 5.78 Å². The van der Waals surface area contributed by atoms with Crippen molar-refractivity contribution in [1.29, 1.82) is 0 Å². The lowest BCUT2D eigenvalue weighted by molar-refractivity contribution is 0.0980. The number of hydrogen-bond acceptors (Lipinski definition) is 2. The fourth-order valence-electron chi connectivity index (χ4n) is 2.41. The summed E-state index contributed by atoms with van der Waals surface area (Å²) in [6.45, 7) is 0. The molecular formula is C16H13NOS. The quantitative estimate of drug-likeness (QED) is 0.677. The zero-order valence-corrected chi connectivity index (χ0v) is 11.1. The summed E-state index contributed by atoms with van der Waals surface area (Å²) in [5.41, 5.74) is 2.89. The van der Waals surface area contributed by atoms with Crippen LogP contribution in [0.2, 0.25) is 0 Å². The van der Waals surface area contributed by atoms with Crippen LogP contribution in [0.5, 0.6) is 0 Å². The van der Waals surface area contributed by atoms with E-state index in [1.54, 1.807) is 0 Å². The van der Waals surface area contributed by atoms with Crippen molar-refractivity contribution < 1.29 is 4.79 Å². The first-order valence-corrected chi connectivity index (χ1v) is 6.64. The number of anilines is 1.